The normalized spacial score (nSPS) is 30.7. The third-order valence-corrected chi connectivity index (χ3v) is 3.48. The van der Waals surface area contributed by atoms with Crippen LogP contribution in [0.3, 0.4) is 0 Å². The van der Waals surface area contributed by atoms with Crippen molar-refractivity contribution in [3.63, 3.8) is 0 Å². The van der Waals surface area contributed by atoms with Gasteiger partial charge in [-0.15, -0.1) is 0 Å². The van der Waals surface area contributed by atoms with E-state index in [1.54, 1.807) is 24.3 Å². The van der Waals surface area contributed by atoms with E-state index in [-0.39, 0.29) is 13.2 Å². The van der Waals surface area contributed by atoms with Crippen molar-refractivity contribution in [1.82, 2.24) is 0 Å². The van der Waals surface area contributed by atoms with E-state index >= 15 is 0 Å². The summed E-state index contributed by atoms with van der Waals surface area (Å²) in [7, 11) is 0. The summed E-state index contributed by atoms with van der Waals surface area (Å²) in [6.45, 7) is 0.818. The number of benzene rings is 1. The Morgan fingerprint density at radius 1 is 1.13 bits per heavy atom. The minimum absolute atomic E-state index is 0.113. The Kier molecular flexibility index (Phi) is 5.91. The van der Waals surface area contributed by atoms with Crippen molar-refractivity contribution in [2.45, 2.75) is 44.2 Å². The van der Waals surface area contributed by atoms with E-state index in [0.29, 0.717) is 11.3 Å². The molecular formula is C15H20O8. The van der Waals surface area contributed by atoms with Crippen molar-refractivity contribution in [2.24, 2.45) is 0 Å². The lowest BCUT2D eigenvalue weighted by Gasteiger charge is -2.39. The monoisotopic (exact) mass is 328 g/mol. The van der Waals surface area contributed by atoms with Gasteiger partial charge in [-0.05, 0) is 17.7 Å². The second-order valence-electron chi connectivity index (χ2n) is 5.24. The van der Waals surface area contributed by atoms with Gasteiger partial charge in [0.15, 0.2) is 0 Å². The van der Waals surface area contributed by atoms with Crippen LogP contribution < -0.4 is 4.74 Å². The van der Waals surface area contributed by atoms with Gasteiger partial charge in [-0.2, -0.15) is 0 Å². The maximum Gasteiger partial charge on any atom is 0.302 e. The quantitative estimate of drug-likeness (QED) is 0.503. The number of ether oxygens (including phenoxy) is 3. The summed E-state index contributed by atoms with van der Waals surface area (Å²) in [6, 6.07) is 6.40. The highest BCUT2D eigenvalue weighted by molar-refractivity contribution is 5.65. The summed E-state index contributed by atoms with van der Waals surface area (Å²) in [6.07, 6.45) is -6.67. The molecule has 0 bridgehead atoms. The number of carbonyl (C=O) groups is 1. The van der Waals surface area contributed by atoms with Gasteiger partial charge in [0.2, 0.25) is 6.29 Å². The van der Waals surface area contributed by atoms with Gasteiger partial charge in [0.25, 0.3) is 0 Å². The molecule has 0 saturated carbocycles. The van der Waals surface area contributed by atoms with Crippen molar-refractivity contribution in [3.05, 3.63) is 29.8 Å². The first-order valence-corrected chi connectivity index (χ1v) is 7.12. The van der Waals surface area contributed by atoms with Crippen molar-refractivity contribution in [1.29, 1.82) is 0 Å². The Morgan fingerprint density at radius 3 is 2.35 bits per heavy atom. The number of esters is 1. The summed E-state index contributed by atoms with van der Waals surface area (Å²) in [4.78, 5) is 10.8. The fourth-order valence-corrected chi connectivity index (χ4v) is 2.16. The molecule has 1 saturated heterocycles. The van der Waals surface area contributed by atoms with Crippen LogP contribution in [0.2, 0.25) is 0 Å². The lowest BCUT2D eigenvalue weighted by molar-refractivity contribution is -0.278. The van der Waals surface area contributed by atoms with Crippen LogP contribution in [0, 0.1) is 0 Å². The zero-order valence-electron chi connectivity index (χ0n) is 12.5. The maximum atomic E-state index is 10.8. The molecule has 8 nitrogen and oxygen atoms in total. The smallest absolute Gasteiger partial charge is 0.302 e. The van der Waals surface area contributed by atoms with Gasteiger partial charge in [0, 0.05) is 6.92 Å². The second kappa shape index (κ2) is 7.71. The summed E-state index contributed by atoms with van der Waals surface area (Å²) < 4.78 is 15.6. The van der Waals surface area contributed by atoms with Crippen molar-refractivity contribution < 1.29 is 39.4 Å². The molecule has 23 heavy (non-hydrogen) atoms. The van der Waals surface area contributed by atoms with Crippen molar-refractivity contribution in [3.8, 4) is 5.75 Å². The van der Waals surface area contributed by atoms with Crippen LogP contribution >= 0.6 is 0 Å². The molecule has 1 aromatic carbocycles. The SMILES string of the molecule is CC(=O)OC[C@H]1O[C@@H](Oc2ccc(CO)cc2)[C@H](O)[C@@H](O)[C@@H]1O. The molecule has 0 amide bonds. The molecule has 1 aromatic rings. The molecule has 0 aromatic heterocycles. The Labute approximate surface area is 132 Å². The van der Waals surface area contributed by atoms with E-state index in [4.69, 9.17) is 19.3 Å². The van der Waals surface area contributed by atoms with Gasteiger partial charge in [-0.25, -0.2) is 0 Å². The highest BCUT2D eigenvalue weighted by Crippen LogP contribution is 2.25. The molecule has 0 radical (unpaired) electrons. The number of hydrogen-bond acceptors (Lipinski definition) is 8. The van der Waals surface area contributed by atoms with E-state index in [0.717, 1.165) is 0 Å². The van der Waals surface area contributed by atoms with Crippen molar-refractivity contribution >= 4 is 5.97 Å². The Morgan fingerprint density at radius 2 is 1.78 bits per heavy atom. The second-order valence-corrected chi connectivity index (χ2v) is 5.24. The van der Waals surface area contributed by atoms with Crippen LogP contribution in [0.5, 0.6) is 5.75 Å². The van der Waals surface area contributed by atoms with Crippen LogP contribution in [-0.4, -0.2) is 63.7 Å². The first-order valence-electron chi connectivity index (χ1n) is 7.12. The third-order valence-electron chi connectivity index (χ3n) is 3.48. The molecule has 1 aliphatic heterocycles. The zero-order chi connectivity index (χ0) is 17.0. The average molecular weight is 328 g/mol. The molecule has 4 N–H and O–H groups in total. The average Bonchev–Trinajstić information content (AvgIpc) is 2.54. The molecular weight excluding hydrogens is 308 g/mol. The molecule has 8 heteroatoms. The van der Waals surface area contributed by atoms with Crippen LogP contribution in [0.25, 0.3) is 0 Å². The molecule has 5 atom stereocenters. The molecule has 128 valence electrons. The molecule has 2 rings (SSSR count). The Hall–Kier alpha value is -1.71. The number of aliphatic hydroxyl groups is 4. The molecule has 0 aliphatic carbocycles. The van der Waals surface area contributed by atoms with Crippen LogP contribution in [0.1, 0.15) is 12.5 Å². The van der Waals surface area contributed by atoms with Crippen LogP contribution in [0.15, 0.2) is 24.3 Å². The van der Waals surface area contributed by atoms with E-state index in [2.05, 4.69) is 0 Å². The summed E-state index contributed by atoms with van der Waals surface area (Å²) in [5.74, 6) is -0.209. The van der Waals surface area contributed by atoms with Crippen molar-refractivity contribution in [2.75, 3.05) is 6.61 Å². The van der Waals surface area contributed by atoms with Gasteiger partial charge >= 0.3 is 5.97 Å². The first-order chi connectivity index (χ1) is 10.9. The lowest BCUT2D eigenvalue weighted by atomic mass is 9.99. The number of rotatable bonds is 5. The molecule has 0 spiro atoms. The maximum absolute atomic E-state index is 10.8. The van der Waals surface area contributed by atoms with Gasteiger partial charge < -0.3 is 34.6 Å². The van der Waals surface area contributed by atoms with E-state index in [1.165, 1.54) is 6.92 Å². The molecule has 1 heterocycles. The lowest BCUT2D eigenvalue weighted by Crippen LogP contribution is -2.60. The highest BCUT2D eigenvalue weighted by Gasteiger charge is 2.45. The van der Waals surface area contributed by atoms with Gasteiger partial charge in [-0.3, -0.25) is 4.79 Å². The molecule has 1 fully saturated rings. The highest BCUT2D eigenvalue weighted by atomic mass is 16.7. The summed E-state index contributed by atoms with van der Waals surface area (Å²) in [5.41, 5.74) is 0.686. The predicted octanol–water partition coefficient (Wildman–Crippen LogP) is -1.07. The minimum Gasteiger partial charge on any atom is -0.463 e. The van der Waals surface area contributed by atoms with Gasteiger partial charge in [0.1, 0.15) is 36.8 Å². The fraction of sp³-hybridized carbons (Fsp3) is 0.533. The van der Waals surface area contributed by atoms with E-state index in [1.807, 2.05) is 0 Å². The number of hydrogen-bond donors (Lipinski definition) is 4. The summed E-state index contributed by atoms with van der Waals surface area (Å²) in [5, 5.41) is 38.7. The molecule has 0 unspecified atom stereocenters. The number of carbonyl (C=O) groups excluding carboxylic acids is 1. The topological polar surface area (TPSA) is 126 Å². The zero-order valence-corrected chi connectivity index (χ0v) is 12.5. The number of aliphatic hydroxyl groups excluding tert-OH is 4. The fourth-order valence-electron chi connectivity index (χ4n) is 2.16. The standard InChI is InChI=1S/C15H20O8/c1-8(17)21-7-11-12(18)13(19)14(20)15(23-11)22-10-4-2-9(6-16)3-5-10/h2-5,11-16,18-20H,6-7H2,1H3/t11-,12-,13+,14-,15-/m1/s1. The van der Waals surface area contributed by atoms with Gasteiger partial charge in [0.05, 0.1) is 6.61 Å². The Bertz CT molecular complexity index is 517. The van der Waals surface area contributed by atoms with E-state index in [9.17, 15) is 20.1 Å². The predicted molar refractivity (Wildman–Crippen MR) is 76.3 cm³/mol. The van der Waals surface area contributed by atoms with Gasteiger partial charge in [-0.1, -0.05) is 12.1 Å². The first kappa shape index (κ1) is 17.6. The van der Waals surface area contributed by atoms with Crippen LogP contribution in [0.4, 0.5) is 0 Å². The third kappa shape index (κ3) is 4.40. The summed E-state index contributed by atoms with van der Waals surface area (Å²) >= 11 is 0. The van der Waals surface area contributed by atoms with Crippen LogP contribution in [-0.2, 0) is 20.9 Å². The molecule has 1 aliphatic rings. The van der Waals surface area contributed by atoms with E-state index < -0.39 is 36.7 Å². The minimum atomic E-state index is -1.51. The largest absolute Gasteiger partial charge is 0.463 e. The Balaban J connectivity index is 2.04.